The smallest absolute Gasteiger partial charge is 0.309 e. The van der Waals surface area contributed by atoms with E-state index in [1.807, 2.05) is 0 Å². The van der Waals surface area contributed by atoms with Gasteiger partial charge < -0.3 is 10.4 Å². The number of hydrogen-bond donors (Lipinski definition) is 2. The van der Waals surface area contributed by atoms with Gasteiger partial charge in [-0.25, -0.2) is 9.50 Å². The maximum absolute atomic E-state index is 10.7. The van der Waals surface area contributed by atoms with Crippen LogP contribution in [0.3, 0.4) is 0 Å². The Morgan fingerprint density at radius 2 is 2.39 bits per heavy atom. The topological polar surface area (TPSA) is 79.5 Å². The van der Waals surface area contributed by atoms with Crippen LogP contribution in [0.2, 0.25) is 0 Å². The summed E-state index contributed by atoms with van der Waals surface area (Å²) < 4.78 is 2.12. The molecule has 2 aromatic heterocycles. The van der Waals surface area contributed by atoms with Crippen LogP contribution in [0.5, 0.6) is 0 Å². The molecule has 0 fully saturated rings. The number of imidazole rings is 1. The molecule has 2 rings (SSSR count). The van der Waals surface area contributed by atoms with Gasteiger partial charge in [0.05, 0.1) is 12.1 Å². The molecule has 6 nitrogen and oxygen atoms in total. The van der Waals surface area contributed by atoms with Gasteiger partial charge in [-0.3, -0.25) is 4.79 Å². The molecule has 7 heteroatoms. The Balaban J connectivity index is 2.39. The van der Waals surface area contributed by atoms with Gasteiger partial charge in [0.15, 0.2) is 5.65 Å². The molecule has 18 heavy (non-hydrogen) atoms. The molecule has 0 aromatic carbocycles. The highest BCUT2D eigenvalue weighted by Crippen LogP contribution is 2.19. The maximum atomic E-state index is 10.7. The van der Waals surface area contributed by atoms with E-state index < -0.39 is 5.97 Å². The van der Waals surface area contributed by atoms with Crippen molar-refractivity contribution in [3.63, 3.8) is 0 Å². The lowest BCUT2D eigenvalue weighted by molar-refractivity contribution is -0.136. The van der Waals surface area contributed by atoms with Crippen LogP contribution >= 0.6 is 15.9 Å². The molecule has 0 atom stereocenters. The highest BCUT2D eigenvalue weighted by Gasteiger charge is 2.13. The van der Waals surface area contributed by atoms with E-state index in [-0.39, 0.29) is 6.42 Å². The molecule has 0 aliphatic heterocycles. The van der Waals surface area contributed by atoms with Gasteiger partial charge in [0.25, 0.3) is 0 Å². The maximum Gasteiger partial charge on any atom is 0.309 e. The number of anilines is 1. The highest BCUT2D eigenvalue weighted by atomic mass is 79.9. The van der Waals surface area contributed by atoms with E-state index in [4.69, 9.17) is 5.11 Å². The van der Waals surface area contributed by atoms with Crippen LogP contribution < -0.4 is 5.32 Å². The monoisotopic (exact) mass is 310 g/mol. The lowest BCUT2D eigenvalue weighted by atomic mass is 10.3. The van der Waals surface area contributed by atoms with Crippen LogP contribution in [0.15, 0.2) is 29.4 Å². The van der Waals surface area contributed by atoms with E-state index in [2.05, 4.69) is 37.9 Å². The van der Waals surface area contributed by atoms with Crippen molar-refractivity contribution >= 4 is 33.4 Å². The molecular formula is C11H11BrN4O2. The van der Waals surface area contributed by atoms with E-state index in [9.17, 15) is 4.79 Å². The van der Waals surface area contributed by atoms with Gasteiger partial charge in [0.1, 0.15) is 10.4 Å². The molecule has 0 saturated heterocycles. The number of nitrogens with zero attached hydrogens (tertiary/aromatic N) is 3. The first-order valence-electron chi connectivity index (χ1n) is 5.22. The number of aliphatic carboxylic acids is 1. The molecule has 0 radical (unpaired) electrons. The highest BCUT2D eigenvalue weighted by molar-refractivity contribution is 9.10. The number of nitrogens with one attached hydrogen (secondary N) is 1. The summed E-state index contributed by atoms with van der Waals surface area (Å²) in [5.41, 5.74) is 1.05. The van der Waals surface area contributed by atoms with Gasteiger partial charge in [0.2, 0.25) is 0 Å². The zero-order chi connectivity index (χ0) is 13.1. The SMILES string of the molecule is C=CCNc1ccc2nc(CC(=O)O)c(Br)n2n1. The van der Waals surface area contributed by atoms with Gasteiger partial charge >= 0.3 is 5.97 Å². The van der Waals surface area contributed by atoms with Gasteiger partial charge in [-0.05, 0) is 28.1 Å². The van der Waals surface area contributed by atoms with Crippen LogP contribution in [-0.4, -0.2) is 32.2 Å². The quantitative estimate of drug-likeness (QED) is 0.822. The van der Waals surface area contributed by atoms with E-state index in [1.54, 1.807) is 22.7 Å². The lowest BCUT2D eigenvalue weighted by Crippen LogP contribution is -2.03. The molecule has 2 aromatic rings. The first kappa shape index (κ1) is 12.6. The number of fused-ring (bicyclic) bond motifs is 1. The molecule has 2 heterocycles. The van der Waals surface area contributed by atoms with Crippen LogP contribution in [0.4, 0.5) is 5.82 Å². The second kappa shape index (κ2) is 5.18. The fourth-order valence-electron chi connectivity index (χ4n) is 1.48. The van der Waals surface area contributed by atoms with E-state index in [1.165, 1.54) is 0 Å². The van der Waals surface area contributed by atoms with E-state index in [0.717, 1.165) is 0 Å². The number of carbonyl (C=O) groups is 1. The Kier molecular flexibility index (Phi) is 3.61. The van der Waals surface area contributed by atoms with Crippen molar-refractivity contribution in [2.45, 2.75) is 6.42 Å². The average molecular weight is 311 g/mol. The molecule has 0 spiro atoms. The van der Waals surface area contributed by atoms with Crippen molar-refractivity contribution in [2.75, 3.05) is 11.9 Å². The fourth-order valence-corrected chi connectivity index (χ4v) is 1.97. The van der Waals surface area contributed by atoms with Crippen LogP contribution in [-0.2, 0) is 11.2 Å². The molecule has 94 valence electrons. The Morgan fingerprint density at radius 3 is 3.06 bits per heavy atom. The third kappa shape index (κ3) is 2.51. The zero-order valence-electron chi connectivity index (χ0n) is 9.43. The minimum atomic E-state index is -0.927. The van der Waals surface area contributed by atoms with Gasteiger partial charge in [-0.2, -0.15) is 0 Å². The van der Waals surface area contributed by atoms with Crippen molar-refractivity contribution in [3.05, 3.63) is 35.1 Å². The first-order valence-corrected chi connectivity index (χ1v) is 6.02. The van der Waals surface area contributed by atoms with Crippen LogP contribution in [0, 0.1) is 0 Å². The molecule has 0 saturated carbocycles. The largest absolute Gasteiger partial charge is 0.481 e. The Morgan fingerprint density at radius 1 is 1.61 bits per heavy atom. The van der Waals surface area contributed by atoms with Gasteiger partial charge in [-0.15, -0.1) is 11.7 Å². The minimum Gasteiger partial charge on any atom is -0.481 e. The summed E-state index contributed by atoms with van der Waals surface area (Å²) in [6.07, 6.45) is 1.59. The number of carboxylic acids is 1. The summed E-state index contributed by atoms with van der Waals surface area (Å²) in [5, 5.41) is 16.1. The fraction of sp³-hybridized carbons (Fsp3) is 0.182. The van der Waals surface area contributed by atoms with Gasteiger partial charge in [-0.1, -0.05) is 6.08 Å². The van der Waals surface area contributed by atoms with E-state index >= 15 is 0 Å². The van der Waals surface area contributed by atoms with E-state index in [0.29, 0.717) is 28.3 Å². The summed E-state index contributed by atoms with van der Waals surface area (Å²) >= 11 is 3.31. The normalized spacial score (nSPS) is 10.5. The predicted molar refractivity (Wildman–Crippen MR) is 70.7 cm³/mol. The Bertz CT molecular complexity index is 608. The average Bonchev–Trinajstić information content (AvgIpc) is 2.63. The molecule has 2 N–H and O–H groups in total. The summed E-state index contributed by atoms with van der Waals surface area (Å²) in [5.74, 6) is -0.258. The number of hydrogen-bond acceptors (Lipinski definition) is 4. The van der Waals surface area contributed by atoms with Gasteiger partial charge in [0, 0.05) is 6.54 Å². The van der Waals surface area contributed by atoms with Crippen molar-refractivity contribution in [1.29, 1.82) is 0 Å². The second-order valence-corrected chi connectivity index (χ2v) is 4.33. The standard InChI is InChI=1S/C11H11BrN4O2/c1-2-5-13-8-3-4-9-14-7(6-10(17)18)11(12)16(9)15-8/h2-4H,1,5-6H2,(H,13,15)(H,17,18). The Hall–Kier alpha value is -1.89. The molecule has 0 unspecified atom stereocenters. The van der Waals surface area contributed by atoms with Crippen molar-refractivity contribution < 1.29 is 9.90 Å². The first-order chi connectivity index (χ1) is 8.61. The Labute approximate surface area is 111 Å². The minimum absolute atomic E-state index is 0.140. The summed E-state index contributed by atoms with van der Waals surface area (Å²) in [4.78, 5) is 14.9. The number of carboxylic acid groups (broad SMARTS) is 1. The van der Waals surface area contributed by atoms with Crippen molar-refractivity contribution in [2.24, 2.45) is 0 Å². The number of halogens is 1. The van der Waals surface area contributed by atoms with Crippen LogP contribution in [0.1, 0.15) is 5.69 Å². The summed E-state index contributed by atoms with van der Waals surface area (Å²) in [6.45, 7) is 4.21. The summed E-state index contributed by atoms with van der Waals surface area (Å²) in [6, 6.07) is 3.55. The summed E-state index contributed by atoms with van der Waals surface area (Å²) in [7, 11) is 0. The second-order valence-electron chi connectivity index (χ2n) is 3.58. The van der Waals surface area contributed by atoms with Crippen molar-refractivity contribution in [3.8, 4) is 0 Å². The number of rotatable bonds is 5. The third-order valence-electron chi connectivity index (χ3n) is 2.23. The molecule has 0 aliphatic carbocycles. The lowest BCUT2D eigenvalue weighted by Gasteiger charge is -2.02. The predicted octanol–water partition coefficient (Wildman–Crippen LogP) is 1.72. The van der Waals surface area contributed by atoms with Crippen molar-refractivity contribution in [1.82, 2.24) is 14.6 Å². The third-order valence-corrected chi connectivity index (χ3v) is 3.03. The molecule has 0 amide bonds. The van der Waals surface area contributed by atoms with Crippen LogP contribution in [0.25, 0.3) is 5.65 Å². The zero-order valence-corrected chi connectivity index (χ0v) is 11.0. The molecule has 0 aliphatic rings. The molecule has 0 bridgehead atoms. The number of aromatic nitrogens is 3. The molecular weight excluding hydrogens is 300 g/mol.